The van der Waals surface area contributed by atoms with Crippen molar-refractivity contribution in [1.82, 2.24) is 10.2 Å². The van der Waals surface area contributed by atoms with Gasteiger partial charge in [-0.15, -0.1) is 12.4 Å². The molecule has 1 aliphatic heterocycles. The molecule has 1 fully saturated rings. The van der Waals surface area contributed by atoms with Crippen LogP contribution in [0.15, 0.2) is 18.2 Å². The van der Waals surface area contributed by atoms with Gasteiger partial charge in [-0.3, -0.25) is 4.90 Å². The number of nitrogens with one attached hydrogen (secondary N) is 1. The molecule has 0 radical (unpaired) electrons. The average molecular weight is 265 g/mol. The van der Waals surface area contributed by atoms with Gasteiger partial charge in [0.1, 0.15) is 5.82 Å². The molecule has 0 atom stereocenters. The third kappa shape index (κ3) is 3.32. The van der Waals surface area contributed by atoms with Crippen molar-refractivity contribution >= 4 is 24.0 Å². The van der Waals surface area contributed by atoms with E-state index in [1.807, 2.05) is 0 Å². The second-order valence-corrected chi connectivity index (χ2v) is 4.13. The molecular weight excluding hydrogens is 250 g/mol. The van der Waals surface area contributed by atoms with Gasteiger partial charge < -0.3 is 5.32 Å². The van der Waals surface area contributed by atoms with Crippen molar-refractivity contribution in [3.63, 3.8) is 0 Å². The Morgan fingerprint density at radius 3 is 2.62 bits per heavy atom. The largest absolute Gasteiger partial charge is 0.314 e. The second kappa shape index (κ2) is 6.40. The first kappa shape index (κ1) is 13.7. The minimum Gasteiger partial charge on any atom is -0.314 e. The van der Waals surface area contributed by atoms with Gasteiger partial charge in [-0.2, -0.15) is 0 Å². The molecule has 1 N–H and O–H groups in total. The zero-order valence-electron chi connectivity index (χ0n) is 8.88. The Morgan fingerprint density at radius 2 is 2.00 bits per heavy atom. The molecule has 0 saturated carbocycles. The molecule has 0 aliphatic carbocycles. The van der Waals surface area contributed by atoms with Crippen molar-refractivity contribution < 1.29 is 4.39 Å². The first-order valence-corrected chi connectivity index (χ1v) is 5.51. The molecule has 90 valence electrons. The number of halogens is 3. The molecule has 1 heterocycles. The first-order valence-electron chi connectivity index (χ1n) is 5.13. The van der Waals surface area contributed by atoms with Gasteiger partial charge in [-0.1, -0.05) is 17.7 Å². The van der Waals surface area contributed by atoms with Gasteiger partial charge in [0.15, 0.2) is 0 Å². The van der Waals surface area contributed by atoms with Crippen molar-refractivity contribution in [2.75, 3.05) is 26.2 Å². The van der Waals surface area contributed by atoms with E-state index in [1.165, 1.54) is 6.07 Å². The third-order valence-electron chi connectivity index (χ3n) is 2.65. The topological polar surface area (TPSA) is 15.3 Å². The smallest absolute Gasteiger partial charge is 0.129 e. The van der Waals surface area contributed by atoms with Crippen LogP contribution in [-0.4, -0.2) is 31.1 Å². The van der Waals surface area contributed by atoms with Crippen LogP contribution in [-0.2, 0) is 6.54 Å². The lowest BCUT2D eigenvalue weighted by Gasteiger charge is -2.27. The highest BCUT2D eigenvalue weighted by Gasteiger charge is 2.14. The number of hydrogen-bond donors (Lipinski definition) is 1. The molecule has 0 amide bonds. The zero-order chi connectivity index (χ0) is 10.7. The van der Waals surface area contributed by atoms with Crippen molar-refractivity contribution in [2.45, 2.75) is 6.54 Å². The lowest BCUT2D eigenvalue weighted by atomic mass is 10.2. The minimum atomic E-state index is -0.207. The van der Waals surface area contributed by atoms with E-state index in [9.17, 15) is 4.39 Å². The third-order valence-corrected chi connectivity index (χ3v) is 3.01. The monoisotopic (exact) mass is 264 g/mol. The molecule has 0 bridgehead atoms. The van der Waals surface area contributed by atoms with Crippen molar-refractivity contribution in [2.24, 2.45) is 0 Å². The van der Waals surface area contributed by atoms with E-state index in [0.29, 0.717) is 17.1 Å². The normalized spacial score (nSPS) is 16.9. The minimum absolute atomic E-state index is 0. The quantitative estimate of drug-likeness (QED) is 0.882. The van der Waals surface area contributed by atoms with E-state index in [4.69, 9.17) is 11.6 Å². The summed E-state index contributed by atoms with van der Waals surface area (Å²) in [5.74, 6) is -0.207. The van der Waals surface area contributed by atoms with E-state index in [1.54, 1.807) is 12.1 Å². The summed E-state index contributed by atoms with van der Waals surface area (Å²) in [7, 11) is 0. The van der Waals surface area contributed by atoms with Crippen LogP contribution < -0.4 is 5.32 Å². The molecule has 1 aliphatic rings. The van der Waals surface area contributed by atoms with Crippen molar-refractivity contribution in [3.8, 4) is 0 Å². The fourth-order valence-corrected chi connectivity index (χ4v) is 2.00. The Kier molecular flexibility index (Phi) is 5.49. The van der Waals surface area contributed by atoms with Gasteiger partial charge in [0.2, 0.25) is 0 Å². The van der Waals surface area contributed by atoms with E-state index < -0.39 is 0 Å². The molecule has 1 aromatic carbocycles. The van der Waals surface area contributed by atoms with Gasteiger partial charge in [-0.05, 0) is 12.1 Å². The molecule has 0 unspecified atom stereocenters. The SMILES string of the molecule is Cl.Fc1cccc(Cl)c1CN1CCNCC1. The van der Waals surface area contributed by atoms with E-state index >= 15 is 0 Å². The summed E-state index contributed by atoms with van der Waals surface area (Å²) >= 11 is 5.97. The maximum absolute atomic E-state index is 13.5. The Bertz CT molecular complexity index is 321. The molecule has 2 nitrogen and oxygen atoms in total. The van der Waals surface area contributed by atoms with Crippen LogP contribution in [0, 0.1) is 5.82 Å². The molecule has 1 aromatic rings. The summed E-state index contributed by atoms with van der Waals surface area (Å²) < 4.78 is 13.5. The number of hydrogen-bond acceptors (Lipinski definition) is 2. The van der Waals surface area contributed by atoms with Crippen LogP contribution >= 0.6 is 24.0 Å². The Labute approximate surface area is 106 Å². The zero-order valence-corrected chi connectivity index (χ0v) is 10.5. The predicted molar refractivity (Wildman–Crippen MR) is 66.8 cm³/mol. The molecule has 0 aromatic heterocycles. The molecule has 5 heteroatoms. The fraction of sp³-hybridized carbons (Fsp3) is 0.455. The Hall–Kier alpha value is -0.350. The van der Waals surface area contributed by atoms with Crippen LogP contribution in [0.25, 0.3) is 0 Å². The maximum Gasteiger partial charge on any atom is 0.129 e. The van der Waals surface area contributed by atoms with Crippen molar-refractivity contribution in [3.05, 3.63) is 34.6 Å². The highest BCUT2D eigenvalue weighted by atomic mass is 35.5. The van der Waals surface area contributed by atoms with Crippen LogP contribution in [0.4, 0.5) is 4.39 Å². The Balaban J connectivity index is 0.00000128. The number of benzene rings is 1. The van der Waals surface area contributed by atoms with Crippen molar-refractivity contribution in [1.29, 1.82) is 0 Å². The molecule has 0 spiro atoms. The summed E-state index contributed by atoms with van der Waals surface area (Å²) in [6.45, 7) is 4.43. The molecular formula is C11H15Cl2FN2. The molecule has 2 rings (SSSR count). The summed E-state index contributed by atoms with van der Waals surface area (Å²) in [5, 5.41) is 3.78. The van der Waals surface area contributed by atoms with Crippen LogP contribution in [0.1, 0.15) is 5.56 Å². The predicted octanol–water partition coefficient (Wildman–Crippen LogP) is 2.31. The van der Waals surface area contributed by atoms with Crippen LogP contribution in [0.5, 0.6) is 0 Å². The van der Waals surface area contributed by atoms with Crippen LogP contribution in [0.2, 0.25) is 5.02 Å². The molecule has 1 saturated heterocycles. The summed E-state index contributed by atoms with van der Waals surface area (Å²) in [6, 6.07) is 4.84. The average Bonchev–Trinajstić information content (AvgIpc) is 2.25. The van der Waals surface area contributed by atoms with Gasteiger partial charge in [-0.25, -0.2) is 4.39 Å². The highest BCUT2D eigenvalue weighted by Crippen LogP contribution is 2.20. The van der Waals surface area contributed by atoms with Gasteiger partial charge >= 0.3 is 0 Å². The first-order chi connectivity index (χ1) is 7.27. The fourth-order valence-electron chi connectivity index (χ4n) is 1.78. The highest BCUT2D eigenvalue weighted by molar-refractivity contribution is 6.31. The summed E-state index contributed by atoms with van der Waals surface area (Å²) in [6.07, 6.45) is 0. The van der Waals surface area contributed by atoms with E-state index in [2.05, 4.69) is 10.2 Å². The van der Waals surface area contributed by atoms with E-state index in [-0.39, 0.29) is 18.2 Å². The van der Waals surface area contributed by atoms with Gasteiger partial charge in [0, 0.05) is 43.3 Å². The second-order valence-electron chi connectivity index (χ2n) is 3.73. The van der Waals surface area contributed by atoms with Gasteiger partial charge in [0.25, 0.3) is 0 Å². The summed E-state index contributed by atoms with van der Waals surface area (Å²) in [5.41, 5.74) is 0.612. The standard InChI is InChI=1S/C11H14ClFN2.ClH/c12-10-2-1-3-11(13)9(10)8-15-6-4-14-5-7-15;/h1-3,14H,4-8H2;1H. The lowest BCUT2D eigenvalue weighted by Crippen LogP contribution is -2.43. The lowest BCUT2D eigenvalue weighted by molar-refractivity contribution is 0.230. The van der Waals surface area contributed by atoms with Crippen LogP contribution in [0.3, 0.4) is 0 Å². The Morgan fingerprint density at radius 1 is 1.31 bits per heavy atom. The summed E-state index contributed by atoms with van der Waals surface area (Å²) in [4.78, 5) is 2.21. The number of piperazine rings is 1. The molecule has 16 heavy (non-hydrogen) atoms. The maximum atomic E-state index is 13.5. The number of nitrogens with zero attached hydrogens (tertiary/aromatic N) is 1. The number of rotatable bonds is 2. The van der Waals surface area contributed by atoms with Gasteiger partial charge in [0.05, 0.1) is 0 Å². The van der Waals surface area contributed by atoms with E-state index in [0.717, 1.165) is 26.2 Å².